The lowest BCUT2D eigenvalue weighted by Crippen LogP contribution is -2.40. The van der Waals surface area contributed by atoms with Crippen LogP contribution in [0, 0.1) is 5.82 Å². The fourth-order valence-corrected chi connectivity index (χ4v) is 5.99. The van der Waals surface area contributed by atoms with E-state index >= 15 is 0 Å². The van der Waals surface area contributed by atoms with Crippen molar-refractivity contribution in [2.45, 2.75) is 46.4 Å². The number of nitrogens with zero attached hydrogens (tertiary/aromatic N) is 2. The van der Waals surface area contributed by atoms with Crippen molar-refractivity contribution in [3.63, 3.8) is 0 Å². The van der Waals surface area contributed by atoms with Gasteiger partial charge < -0.3 is 18.9 Å². The summed E-state index contributed by atoms with van der Waals surface area (Å²) < 4.78 is 38.2. The predicted octanol–water partition coefficient (Wildman–Crippen LogP) is 5.31. The van der Waals surface area contributed by atoms with Gasteiger partial charge in [-0.3, -0.25) is 9.36 Å². The highest BCUT2D eigenvalue weighted by molar-refractivity contribution is 7.07. The molecule has 4 aromatic rings. The van der Waals surface area contributed by atoms with E-state index in [1.54, 1.807) is 44.2 Å². The summed E-state index contributed by atoms with van der Waals surface area (Å²) in [4.78, 5) is 32.4. The first-order valence-corrected chi connectivity index (χ1v) is 15.0. The van der Waals surface area contributed by atoms with E-state index in [4.69, 9.17) is 18.9 Å². The smallest absolute Gasteiger partial charge is 0.338 e. The standard InChI is InChI=1S/C34H33FN2O6S/c1-6-41-33(39)30-21(4)36-34-37(31(30)25-9-7-8-10-26(25)43-20(2)3)32(38)29(44-34)18-23-13-16-27(28(17-23)40-5)42-19-22-11-14-24(35)15-12-22/h7-18,20,31H,6,19H2,1-5H3/b29-18+/t31-/m1/s1. The van der Waals surface area contributed by atoms with Gasteiger partial charge in [-0.2, -0.15) is 0 Å². The van der Waals surface area contributed by atoms with E-state index in [0.717, 1.165) is 5.56 Å². The number of carbonyl (C=O) groups is 1. The zero-order valence-electron chi connectivity index (χ0n) is 25.1. The Bertz CT molecular complexity index is 1890. The third kappa shape index (κ3) is 6.45. The minimum absolute atomic E-state index is 0.124. The van der Waals surface area contributed by atoms with E-state index in [-0.39, 0.29) is 36.3 Å². The Morgan fingerprint density at radius 1 is 1.07 bits per heavy atom. The van der Waals surface area contributed by atoms with Crippen LogP contribution in [0.25, 0.3) is 6.08 Å². The highest BCUT2D eigenvalue weighted by Crippen LogP contribution is 2.36. The Morgan fingerprint density at radius 2 is 1.82 bits per heavy atom. The Balaban J connectivity index is 1.57. The van der Waals surface area contributed by atoms with Crippen LogP contribution in [0.15, 0.2) is 87.8 Å². The largest absolute Gasteiger partial charge is 0.493 e. The number of carbonyl (C=O) groups excluding carboxylic acids is 1. The molecule has 1 aromatic heterocycles. The number of esters is 1. The Kier molecular flexibility index (Phi) is 9.29. The molecule has 0 amide bonds. The van der Waals surface area contributed by atoms with Crippen LogP contribution in [-0.2, 0) is 16.1 Å². The highest BCUT2D eigenvalue weighted by Gasteiger charge is 2.35. The van der Waals surface area contributed by atoms with Gasteiger partial charge in [0.25, 0.3) is 5.56 Å². The Labute approximate surface area is 258 Å². The molecule has 1 aliphatic rings. The van der Waals surface area contributed by atoms with Gasteiger partial charge in [-0.25, -0.2) is 14.2 Å². The molecule has 228 valence electrons. The first-order valence-electron chi connectivity index (χ1n) is 14.2. The van der Waals surface area contributed by atoms with Gasteiger partial charge in [0.15, 0.2) is 16.3 Å². The summed E-state index contributed by atoms with van der Waals surface area (Å²) in [5, 5.41) is 0. The minimum Gasteiger partial charge on any atom is -0.493 e. The van der Waals surface area contributed by atoms with E-state index in [9.17, 15) is 14.0 Å². The van der Waals surface area contributed by atoms with Gasteiger partial charge in [0, 0.05) is 5.56 Å². The molecule has 0 unspecified atom stereocenters. The molecular weight excluding hydrogens is 583 g/mol. The maximum absolute atomic E-state index is 14.1. The summed E-state index contributed by atoms with van der Waals surface area (Å²) in [5.74, 6) is 0.708. The summed E-state index contributed by atoms with van der Waals surface area (Å²) in [6.45, 7) is 7.74. The van der Waals surface area contributed by atoms with Crippen molar-refractivity contribution >= 4 is 23.4 Å². The molecule has 0 fully saturated rings. The number of ether oxygens (including phenoxy) is 4. The maximum Gasteiger partial charge on any atom is 0.338 e. The number of fused-ring (bicyclic) bond motifs is 1. The van der Waals surface area contributed by atoms with Gasteiger partial charge >= 0.3 is 5.97 Å². The number of allylic oxidation sites excluding steroid dienone is 1. The number of methoxy groups -OCH3 is 1. The van der Waals surface area contributed by atoms with Gasteiger partial charge in [0.2, 0.25) is 0 Å². The predicted molar refractivity (Wildman–Crippen MR) is 166 cm³/mol. The molecule has 44 heavy (non-hydrogen) atoms. The van der Waals surface area contributed by atoms with Crippen LogP contribution in [0.2, 0.25) is 0 Å². The van der Waals surface area contributed by atoms with Gasteiger partial charge in [0.1, 0.15) is 24.2 Å². The molecule has 8 nitrogen and oxygen atoms in total. The molecule has 1 atom stereocenters. The topological polar surface area (TPSA) is 88.4 Å². The number of benzene rings is 3. The maximum atomic E-state index is 14.1. The Hall–Kier alpha value is -4.70. The molecule has 0 N–H and O–H groups in total. The van der Waals surface area contributed by atoms with Crippen LogP contribution >= 0.6 is 11.3 Å². The lowest BCUT2D eigenvalue weighted by Gasteiger charge is -2.26. The van der Waals surface area contributed by atoms with Crippen molar-refractivity contribution in [2.75, 3.05) is 13.7 Å². The number of aromatic nitrogens is 1. The first-order chi connectivity index (χ1) is 21.2. The van der Waals surface area contributed by atoms with Crippen LogP contribution in [0.3, 0.4) is 0 Å². The number of halogens is 1. The van der Waals surface area contributed by atoms with E-state index in [0.29, 0.717) is 43.4 Å². The van der Waals surface area contributed by atoms with Gasteiger partial charge in [0.05, 0.1) is 35.6 Å². The summed E-state index contributed by atoms with van der Waals surface area (Å²) in [7, 11) is 1.54. The molecule has 3 aromatic carbocycles. The second kappa shape index (κ2) is 13.3. The number of thiazole rings is 1. The van der Waals surface area contributed by atoms with Crippen LogP contribution in [0.1, 0.15) is 50.4 Å². The highest BCUT2D eigenvalue weighted by atomic mass is 32.1. The van der Waals surface area contributed by atoms with Crippen molar-refractivity contribution in [2.24, 2.45) is 4.99 Å². The van der Waals surface area contributed by atoms with E-state index in [2.05, 4.69) is 4.99 Å². The summed E-state index contributed by atoms with van der Waals surface area (Å²) in [5.41, 5.74) is 2.65. The van der Waals surface area contributed by atoms with Gasteiger partial charge in [-0.1, -0.05) is 47.7 Å². The second-order valence-electron chi connectivity index (χ2n) is 10.3. The summed E-state index contributed by atoms with van der Waals surface area (Å²) >= 11 is 1.23. The van der Waals surface area contributed by atoms with Crippen molar-refractivity contribution < 1.29 is 28.1 Å². The SMILES string of the molecule is CCOC(=O)C1=C(C)N=c2s/c(=C/c3ccc(OCc4ccc(F)cc4)c(OC)c3)c(=O)n2[C@@H]1c1ccccc1OC(C)C. The fourth-order valence-electron chi connectivity index (χ4n) is 4.94. The van der Waals surface area contributed by atoms with Gasteiger partial charge in [-0.05, 0) is 75.2 Å². The molecule has 0 saturated carbocycles. The molecule has 10 heteroatoms. The summed E-state index contributed by atoms with van der Waals surface area (Å²) in [6, 6.07) is 18.0. The molecule has 5 rings (SSSR count). The van der Waals surface area contributed by atoms with Crippen LogP contribution in [0.4, 0.5) is 4.39 Å². The average molecular weight is 617 g/mol. The number of hydrogen-bond donors (Lipinski definition) is 0. The van der Waals surface area contributed by atoms with E-state index < -0.39 is 12.0 Å². The third-order valence-electron chi connectivity index (χ3n) is 6.89. The van der Waals surface area contributed by atoms with Crippen molar-refractivity contribution in [3.8, 4) is 17.2 Å². The molecule has 0 aliphatic carbocycles. The number of para-hydroxylation sites is 1. The van der Waals surface area contributed by atoms with Crippen molar-refractivity contribution in [3.05, 3.63) is 120 Å². The third-order valence-corrected chi connectivity index (χ3v) is 7.87. The molecule has 0 spiro atoms. The van der Waals surface area contributed by atoms with Crippen LogP contribution in [-0.4, -0.2) is 30.4 Å². The normalized spacial score (nSPS) is 14.7. The molecule has 1 aliphatic heterocycles. The second-order valence-corrected chi connectivity index (χ2v) is 11.3. The van der Waals surface area contributed by atoms with Gasteiger partial charge in [-0.15, -0.1) is 0 Å². The minimum atomic E-state index is -0.792. The monoisotopic (exact) mass is 616 g/mol. The number of hydrogen-bond acceptors (Lipinski definition) is 8. The van der Waals surface area contributed by atoms with Crippen LogP contribution in [0.5, 0.6) is 17.2 Å². The average Bonchev–Trinajstić information content (AvgIpc) is 3.30. The first kappa shape index (κ1) is 30.7. The van der Waals surface area contributed by atoms with Crippen molar-refractivity contribution in [1.82, 2.24) is 4.57 Å². The zero-order chi connectivity index (χ0) is 31.4. The molecule has 0 saturated heterocycles. The van der Waals surface area contributed by atoms with E-state index in [1.165, 1.54) is 35.1 Å². The zero-order valence-corrected chi connectivity index (χ0v) is 25.9. The number of rotatable bonds is 10. The van der Waals surface area contributed by atoms with Crippen LogP contribution < -0.4 is 29.1 Å². The van der Waals surface area contributed by atoms with Crippen molar-refractivity contribution in [1.29, 1.82) is 0 Å². The lowest BCUT2D eigenvalue weighted by molar-refractivity contribution is -0.139. The molecule has 0 bridgehead atoms. The lowest BCUT2D eigenvalue weighted by atomic mass is 9.95. The molecule has 0 radical (unpaired) electrons. The Morgan fingerprint density at radius 3 is 2.52 bits per heavy atom. The fraction of sp³-hybridized carbons (Fsp3) is 0.265. The molecule has 2 heterocycles. The summed E-state index contributed by atoms with van der Waals surface area (Å²) in [6.07, 6.45) is 1.63. The quantitative estimate of drug-likeness (QED) is 0.225. The molecular formula is C34H33FN2O6S. The van der Waals surface area contributed by atoms with E-state index in [1.807, 2.05) is 44.2 Å².